The molecule has 0 aliphatic heterocycles. The lowest BCUT2D eigenvalue weighted by molar-refractivity contribution is 0.412. The Kier molecular flexibility index (Phi) is 3.36. The second kappa shape index (κ2) is 3.97. The van der Waals surface area contributed by atoms with Crippen LogP contribution in [0.2, 0.25) is 0 Å². The summed E-state index contributed by atoms with van der Waals surface area (Å²) < 4.78 is 27.2. The van der Waals surface area contributed by atoms with E-state index in [1.807, 2.05) is 22.6 Å². The molecule has 1 aromatic rings. The molecule has 0 N–H and O–H groups in total. The minimum Gasteiger partial charge on any atom is -0.497 e. The van der Waals surface area contributed by atoms with E-state index < -0.39 is 9.05 Å². The number of halogens is 2. The van der Waals surface area contributed by atoms with E-state index in [0.29, 0.717) is 9.45 Å². The van der Waals surface area contributed by atoms with E-state index in [-0.39, 0.29) is 5.03 Å². The van der Waals surface area contributed by atoms with Gasteiger partial charge in [0.2, 0.25) is 0 Å². The van der Waals surface area contributed by atoms with Gasteiger partial charge in [0.25, 0.3) is 9.05 Å². The molecule has 1 heterocycles. The molecule has 1 rings (SSSR count). The van der Waals surface area contributed by atoms with Crippen molar-refractivity contribution < 1.29 is 13.2 Å². The average Bonchev–Trinajstić information content (AvgIpc) is 2.01. The van der Waals surface area contributed by atoms with Crippen molar-refractivity contribution in [1.29, 1.82) is 0 Å². The van der Waals surface area contributed by atoms with Gasteiger partial charge >= 0.3 is 0 Å². The summed E-state index contributed by atoms with van der Waals surface area (Å²) in [4.78, 5) is 3.74. The van der Waals surface area contributed by atoms with Crippen LogP contribution in [-0.4, -0.2) is 20.5 Å². The zero-order valence-corrected chi connectivity index (χ0v) is 10.2. The van der Waals surface area contributed by atoms with Crippen LogP contribution in [0.5, 0.6) is 5.75 Å². The molecular formula is C6H5ClINO3S. The molecule has 1 aromatic heterocycles. The second-order valence-corrected chi connectivity index (χ2v) is 5.72. The lowest BCUT2D eigenvalue weighted by Crippen LogP contribution is -1.97. The number of hydrogen-bond acceptors (Lipinski definition) is 4. The van der Waals surface area contributed by atoms with Crippen LogP contribution in [0.15, 0.2) is 17.2 Å². The van der Waals surface area contributed by atoms with Gasteiger partial charge in [0.05, 0.1) is 7.11 Å². The normalized spacial score (nSPS) is 11.3. The van der Waals surface area contributed by atoms with Crippen LogP contribution in [-0.2, 0) is 9.05 Å². The maximum Gasteiger partial charge on any atom is 0.278 e. The zero-order chi connectivity index (χ0) is 10.1. The number of pyridine rings is 1. The molecule has 0 amide bonds. The minimum absolute atomic E-state index is 0.196. The van der Waals surface area contributed by atoms with Crippen molar-refractivity contribution in [2.45, 2.75) is 5.03 Å². The first-order valence-electron chi connectivity index (χ1n) is 3.10. The van der Waals surface area contributed by atoms with Gasteiger partial charge in [-0.25, -0.2) is 13.4 Å². The Morgan fingerprint density at radius 1 is 1.54 bits per heavy atom. The number of hydrogen-bond donors (Lipinski definition) is 0. The maximum atomic E-state index is 10.9. The highest BCUT2D eigenvalue weighted by atomic mass is 127. The summed E-state index contributed by atoms with van der Waals surface area (Å²) in [5, 5.41) is -0.196. The Balaban J connectivity index is 3.33. The van der Waals surface area contributed by atoms with Gasteiger partial charge in [-0.3, -0.25) is 0 Å². The van der Waals surface area contributed by atoms with Crippen LogP contribution in [0, 0.1) is 3.70 Å². The van der Waals surface area contributed by atoms with Crippen molar-refractivity contribution in [1.82, 2.24) is 4.98 Å². The van der Waals surface area contributed by atoms with Gasteiger partial charge in [-0.05, 0) is 22.6 Å². The summed E-state index contributed by atoms with van der Waals surface area (Å²) in [7, 11) is 2.77. The number of nitrogens with zero attached hydrogens (tertiary/aromatic N) is 1. The maximum absolute atomic E-state index is 10.9. The SMILES string of the molecule is COc1cc(I)nc(S(=O)(=O)Cl)c1. The molecule has 4 nitrogen and oxygen atoms in total. The van der Waals surface area contributed by atoms with Crippen molar-refractivity contribution in [3.8, 4) is 5.75 Å². The zero-order valence-electron chi connectivity index (χ0n) is 6.49. The molecule has 0 saturated carbocycles. The van der Waals surface area contributed by atoms with Gasteiger partial charge in [-0.2, -0.15) is 0 Å². The number of aromatic nitrogens is 1. The van der Waals surface area contributed by atoms with E-state index in [1.54, 1.807) is 6.07 Å². The molecule has 0 atom stereocenters. The fraction of sp³-hybridized carbons (Fsp3) is 0.167. The molecule has 0 unspecified atom stereocenters. The molecule has 0 radical (unpaired) electrons. The van der Waals surface area contributed by atoms with Gasteiger partial charge in [0, 0.05) is 22.8 Å². The molecule has 0 saturated heterocycles. The first-order chi connectivity index (χ1) is 5.93. The largest absolute Gasteiger partial charge is 0.497 e. The summed E-state index contributed by atoms with van der Waals surface area (Å²) >= 11 is 1.88. The van der Waals surface area contributed by atoms with Crippen LogP contribution in [0.3, 0.4) is 0 Å². The summed E-state index contributed by atoms with van der Waals surface area (Å²) in [5.41, 5.74) is 0. The van der Waals surface area contributed by atoms with Crippen molar-refractivity contribution in [2.75, 3.05) is 7.11 Å². The predicted octanol–water partition coefficient (Wildman–Crippen LogP) is 1.62. The smallest absolute Gasteiger partial charge is 0.278 e. The van der Waals surface area contributed by atoms with E-state index in [0.717, 1.165) is 0 Å². The molecule has 0 aromatic carbocycles. The third-order valence-electron chi connectivity index (χ3n) is 1.23. The molecule has 7 heteroatoms. The van der Waals surface area contributed by atoms with Gasteiger partial charge in [0.1, 0.15) is 9.45 Å². The average molecular weight is 334 g/mol. The predicted molar refractivity (Wildman–Crippen MR) is 56.5 cm³/mol. The van der Waals surface area contributed by atoms with Gasteiger partial charge in [-0.15, -0.1) is 0 Å². The van der Waals surface area contributed by atoms with Crippen LogP contribution in [0.1, 0.15) is 0 Å². The molecule has 72 valence electrons. The summed E-state index contributed by atoms with van der Waals surface area (Å²) in [6, 6.07) is 2.87. The van der Waals surface area contributed by atoms with Gasteiger partial charge in [0.15, 0.2) is 5.03 Å². The molecule has 0 aliphatic rings. The topological polar surface area (TPSA) is 56.3 Å². The number of methoxy groups -OCH3 is 1. The third kappa shape index (κ3) is 2.96. The Morgan fingerprint density at radius 2 is 2.15 bits per heavy atom. The minimum atomic E-state index is -3.78. The fourth-order valence-electron chi connectivity index (χ4n) is 0.693. The first-order valence-corrected chi connectivity index (χ1v) is 6.48. The van der Waals surface area contributed by atoms with Crippen molar-refractivity contribution >= 4 is 42.3 Å². The quantitative estimate of drug-likeness (QED) is 0.469. The Bertz CT molecular complexity index is 420. The molecular weight excluding hydrogens is 328 g/mol. The highest BCUT2D eigenvalue weighted by Crippen LogP contribution is 2.20. The molecule has 0 fully saturated rings. The lowest BCUT2D eigenvalue weighted by Gasteiger charge is -2.01. The van der Waals surface area contributed by atoms with Crippen LogP contribution in [0.4, 0.5) is 0 Å². The summed E-state index contributed by atoms with van der Waals surface area (Å²) in [6.07, 6.45) is 0. The van der Waals surface area contributed by atoms with E-state index in [2.05, 4.69) is 4.98 Å². The van der Waals surface area contributed by atoms with Crippen molar-refractivity contribution in [3.05, 3.63) is 15.8 Å². The van der Waals surface area contributed by atoms with E-state index in [1.165, 1.54) is 13.2 Å². The van der Waals surface area contributed by atoms with Crippen LogP contribution < -0.4 is 4.74 Å². The molecule has 0 aliphatic carbocycles. The van der Waals surface area contributed by atoms with Gasteiger partial charge in [-0.1, -0.05) is 0 Å². The molecule has 13 heavy (non-hydrogen) atoms. The van der Waals surface area contributed by atoms with E-state index in [4.69, 9.17) is 15.4 Å². The lowest BCUT2D eigenvalue weighted by atomic mass is 10.5. The number of ether oxygens (including phenoxy) is 1. The Labute approximate surface area is 93.8 Å². The third-order valence-corrected chi connectivity index (χ3v) is 2.97. The van der Waals surface area contributed by atoms with Crippen LogP contribution in [0.25, 0.3) is 0 Å². The van der Waals surface area contributed by atoms with E-state index in [9.17, 15) is 8.42 Å². The standard InChI is InChI=1S/C6H5ClINO3S/c1-12-4-2-5(8)9-6(3-4)13(7,10)11/h2-3H,1H3. The highest BCUT2D eigenvalue weighted by Gasteiger charge is 2.13. The van der Waals surface area contributed by atoms with E-state index >= 15 is 0 Å². The number of rotatable bonds is 2. The summed E-state index contributed by atoms with van der Waals surface area (Å²) in [6.45, 7) is 0. The van der Waals surface area contributed by atoms with Crippen molar-refractivity contribution in [3.63, 3.8) is 0 Å². The van der Waals surface area contributed by atoms with Crippen molar-refractivity contribution in [2.24, 2.45) is 0 Å². The van der Waals surface area contributed by atoms with Gasteiger partial charge < -0.3 is 4.74 Å². The van der Waals surface area contributed by atoms with Crippen LogP contribution >= 0.6 is 33.3 Å². The summed E-state index contributed by atoms with van der Waals surface area (Å²) in [5.74, 6) is 0.415. The Hall–Kier alpha value is -0.0800. The molecule has 0 bridgehead atoms. The molecule has 0 spiro atoms. The highest BCUT2D eigenvalue weighted by molar-refractivity contribution is 14.1. The Morgan fingerprint density at radius 3 is 2.62 bits per heavy atom. The first kappa shape index (κ1) is 11.0. The monoisotopic (exact) mass is 333 g/mol. The fourth-order valence-corrected chi connectivity index (χ4v) is 2.13. The second-order valence-electron chi connectivity index (χ2n) is 2.11.